The van der Waals surface area contributed by atoms with Gasteiger partial charge < -0.3 is 24.8 Å². The Kier molecular flexibility index (Phi) is 6.61. The van der Waals surface area contributed by atoms with E-state index in [4.69, 9.17) is 9.47 Å². The van der Waals surface area contributed by atoms with Crippen LogP contribution in [0.25, 0.3) is 11.1 Å². The predicted molar refractivity (Wildman–Crippen MR) is 125 cm³/mol. The van der Waals surface area contributed by atoms with Crippen molar-refractivity contribution in [2.75, 3.05) is 20.3 Å². The third kappa shape index (κ3) is 4.92. The highest BCUT2D eigenvalue weighted by Gasteiger charge is 2.38. The molecule has 0 bridgehead atoms. The topological polar surface area (TPSA) is 105 Å². The molecule has 2 aromatic carbocycles. The molecule has 1 fully saturated rings. The lowest BCUT2D eigenvalue weighted by atomic mass is 9.98. The van der Waals surface area contributed by atoms with Gasteiger partial charge in [-0.2, -0.15) is 0 Å². The number of benzene rings is 2. The first-order valence-corrected chi connectivity index (χ1v) is 11.4. The van der Waals surface area contributed by atoms with Crippen LogP contribution in [0.5, 0.6) is 0 Å². The van der Waals surface area contributed by atoms with Crippen molar-refractivity contribution in [3.05, 3.63) is 59.7 Å². The number of carboxylic acid groups (broad SMARTS) is 1. The number of nitrogens with zero attached hydrogens (tertiary/aromatic N) is 1. The lowest BCUT2D eigenvalue weighted by molar-refractivity contribution is -0.142. The van der Waals surface area contributed by atoms with Crippen LogP contribution in [0.2, 0.25) is 0 Å². The van der Waals surface area contributed by atoms with Gasteiger partial charge >= 0.3 is 12.1 Å². The second-order valence-electron chi connectivity index (χ2n) is 9.50. The van der Waals surface area contributed by atoms with Gasteiger partial charge in [0.1, 0.15) is 12.6 Å². The molecular formula is C26H30N2O6. The Hall–Kier alpha value is -3.39. The fourth-order valence-electron chi connectivity index (χ4n) is 4.84. The monoisotopic (exact) mass is 466 g/mol. The SMILES string of the molecule is CN(C(=O)C(CC(=O)O)NC(=O)OCC1c2ccccc2-c2ccccc21)C1COC(C)(C)C1. The van der Waals surface area contributed by atoms with Gasteiger partial charge in [0, 0.05) is 13.0 Å². The summed E-state index contributed by atoms with van der Waals surface area (Å²) >= 11 is 0. The van der Waals surface area contributed by atoms with Crippen LogP contribution in [0.3, 0.4) is 0 Å². The standard InChI is InChI=1S/C26H30N2O6/c1-26(2)13-16(14-34-26)28(3)24(31)22(12-23(29)30)27-25(32)33-15-21-19-10-6-4-8-17(19)18-9-5-7-11-20(18)21/h4-11,16,21-22H,12-15H2,1-3H3,(H,27,32)(H,29,30). The van der Waals surface area contributed by atoms with Crippen LogP contribution in [-0.2, 0) is 19.1 Å². The minimum atomic E-state index is -1.23. The number of rotatable bonds is 7. The molecule has 1 aliphatic carbocycles. The van der Waals surface area contributed by atoms with Crippen LogP contribution in [0.15, 0.2) is 48.5 Å². The fourth-order valence-corrected chi connectivity index (χ4v) is 4.84. The van der Waals surface area contributed by atoms with Crippen molar-refractivity contribution in [2.24, 2.45) is 0 Å². The van der Waals surface area contributed by atoms with Crippen LogP contribution >= 0.6 is 0 Å². The number of alkyl carbamates (subject to hydrolysis) is 1. The fraction of sp³-hybridized carbons (Fsp3) is 0.423. The number of likely N-dealkylation sites (N-methyl/N-ethyl adjacent to an activating group) is 1. The Bertz CT molecular complexity index is 1050. The number of amides is 2. The Balaban J connectivity index is 1.42. The third-order valence-electron chi connectivity index (χ3n) is 6.60. The number of aliphatic carboxylic acids is 1. The summed E-state index contributed by atoms with van der Waals surface area (Å²) in [6.45, 7) is 4.32. The molecule has 8 heteroatoms. The van der Waals surface area contributed by atoms with Crippen LogP contribution in [0, 0.1) is 0 Å². The molecule has 2 N–H and O–H groups in total. The van der Waals surface area contributed by atoms with Crippen LogP contribution < -0.4 is 5.32 Å². The van der Waals surface area contributed by atoms with E-state index in [1.54, 1.807) is 7.05 Å². The highest BCUT2D eigenvalue weighted by atomic mass is 16.5. The van der Waals surface area contributed by atoms with Gasteiger partial charge in [-0.25, -0.2) is 4.79 Å². The Morgan fingerprint density at radius 1 is 1.12 bits per heavy atom. The van der Waals surface area contributed by atoms with Crippen molar-refractivity contribution in [3.63, 3.8) is 0 Å². The van der Waals surface area contributed by atoms with E-state index in [0.29, 0.717) is 13.0 Å². The van der Waals surface area contributed by atoms with E-state index in [0.717, 1.165) is 22.3 Å². The molecule has 34 heavy (non-hydrogen) atoms. The molecule has 0 aromatic heterocycles. The summed E-state index contributed by atoms with van der Waals surface area (Å²) in [6.07, 6.45) is -0.734. The predicted octanol–water partition coefficient (Wildman–Crippen LogP) is 3.39. The largest absolute Gasteiger partial charge is 0.481 e. The third-order valence-corrected chi connectivity index (χ3v) is 6.60. The molecule has 2 unspecified atom stereocenters. The summed E-state index contributed by atoms with van der Waals surface area (Å²) in [5, 5.41) is 11.8. The molecule has 0 spiro atoms. The maximum absolute atomic E-state index is 13.0. The van der Waals surface area contributed by atoms with E-state index in [1.807, 2.05) is 62.4 Å². The van der Waals surface area contributed by atoms with E-state index in [9.17, 15) is 19.5 Å². The van der Waals surface area contributed by atoms with Crippen molar-refractivity contribution in [3.8, 4) is 11.1 Å². The minimum Gasteiger partial charge on any atom is -0.481 e. The van der Waals surface area contributed by atoms with Gasteiger partial charge in [0.25, 0.3) is 0 Å². The molecule has 0 saturated carbocycles. The Labute approximate surface area is 198 Å². The maximum atomic E-state index is 13.0. The molecule has 2 amide bonds. The average Bonchev–Trinajstić information content (AvgIpc) is 3.33. The first-order chi connectivity index (χ1) is 16.2. The van der Waals surface area contributed by atoms with Gasteiger partial charge in [-0.15, -0.1) is 0 Å². The second kappa shape index (κ2) is 9.46. The highest BCUT2D eigenvalue weighted by Crippen LogP contribution is 2.44. The molecule has 180 valence electrons. The zero-order chi connectivity index (χ0) is 24.5. The first-order valence-electron chi connectivity index (χ1n) is 11.4. The summed E-state index contributed by atoms with van der Waals surface area (Å²) in [4.78, 5) is 38.5. The smallest absolute Gasteiger partial charge is 0.407 e. The quantitative estimate of drug-likeness (QED) is 0.648. The summed E-state index contributed by atoms with van der Waals surface area (Å²) in [5.74, 6) is -1.80. The summed E-state index contributed by atoms with van der Waals surface area (Å²) in [6, 6.07) is 14.5. The van der Waals surface area contributed by atoms with E-state index >= 15 is 0 Å². The van der Waals surface area contributed by atoms with E-state index in [-0.39, 0.29) is 24.2 Å². The van der Waals surface area contributed by atoms with Gasteiger partial charge in [-0.3, -0.25) is 9.59 Å². The van der Waals surface area contributed by atoms with E-state index in [1.165, 1.54) is 4.90 Å². The number of ether oxygens (including phenoxy) is 2. The van der Waals surface area contributed by atoms with E-state index < -0.39 is 30.4 Å². The van der Waals surface area contributed by atoms with E-state index in [2.05, 4.69) is 5.32 Å². The molecule has 0 radical (unpaired) electrons. The number of carboxylic acids is 1. The molecule has 2 aromatic rings. The van der Waals surface area contributed by atoms with Crippen LogP contribution in [0.4, 0.5) is 4.79 Å². The lowest BCUT2D eigenvalue weighted by Crippen LogP contribution is -2.51. The van der Waals surface area contributed by atoms with Crippen LogP contribution in [0.1, 0.15) is 43.7 Å². The normalized spacial score (nSPS) is 19.1. The Morgan fingerprint density at radius 3 is 2.24 bits per heavy atom. The molecule has 2 aliphatic rings. The van der Waals surface area contributed by atoms with Crippen molar-refractivity contribution in [1.82, 2.24) is 10.2 Å². The molecule has 1 saturated heterocycles. The van der Waals surface area contributed by atoms with Gasteiger partial charge in [0.05, 0.1) is 24.7 Å². The van der Waals surface area contributed by atoms with Gasteiger partial charge in [0.2, 0.25) is 5.91 Å². The van der Waals surface area contributed by atoms with Gasteiger partial charge in [0.15, 0.2) is 0 Å². The number of hydrogen-bond donors (Lipinski definition) is 2. The highest BCUT2D eigenvalue weighted by molar-refractivity contribution is 5.89. The second-order valence-corrected chi connectivity index (χ2v) is 9.50. The zero-order valence-corrected chi connectivity index (χ0v) is 19.6. The van der Waals surface area contributed by atoms with Crippen LogP contribution in [-0.4, -0.2) is 65.9 Å². The minimum absolute atomic E-state index is 0.0777. The number of fused-ring (bicyclic) bond motifs is 3. The Morgan fingerprint density at radius 2 is 1.71 bits per heavy atom. The number of carbonyl (C=O) groups excluding carboxylic acids is 2. The van der Waals surface area contributed by atoms with Gasteiger partial charge in [-0.05, 0) is 42.5 Å². The first kappa shape index (κ1) is 23.8. The summed E-state index contributed by atoms with van der Waals surface area (Å²) < 4.78 is 11.2. The molecule has 4 rings (SSSR count). The lowest BCUT2D eigenvalue weighted by Gasteiger charge is -2.28. The number of nitrogens with one attached hydrogen (secondary N) is 1. The number of carbonyl (C=O) groups is 3. The molecule has 1 aliphatic heterocycles. The summed E-state index contributed by atoms with van der Waals surface area (Å²) in [5.41, 5.74) is 3.99. The maximum Gasteiger partial charge on any atom is 0.407 e. The van der Waals surface area contributed by atoms with Gasteiger partial charge in [-0.1, -0.05) is 48.5 Å². The molecular weight excluding hydrogens is 436 g/mol. The average molecular weight is 467 g/mol. The van der Waals surface area contributed by atoms with Crippen molar-refractivity contribution >= 4 is 18.0 Å². The van der Waals surface area contributed by atoms with Crippen molar-refractivity contribution in [1.29, 1.82) is 0 Å². The zero-order valence-electron chi connectivity index (χ0n) is 19.6. The van der Waals surface area contributed by atoms with Crippen molar-refractivity contribution in [2.45, 2.75) is 50.3 Å². The molecule has 1 heterocycles. The summed E-state index contributed by atoms with van der Waals surface area (Å²) in [7, 11) is 1.60. The number of hydrogen-bond acceptors (Lipinski definition) is 5. The molecule has 8 nitrogen and oxygen atoms in total. The molecule has 2 atom stereocenters. The van der Waals surface area contributed by atoms with Crippen molar-refractivity contribution < 1.29 is 29.0 Å².